The first kappa shape index (κ1) is 15.3. The number of nitrogens with zero attached hydrogens (tertiary/aromatic N) is 2. The van der Waals surface area contributed by atoms with Crippen molar-refractivity contribution in [1.82, 2.24) is 20.5 Å². The quantitative estimate of drug-likeness (QED) is 0.770. The number of aryl methyl sites for hydroxylation is 1. The summed E-state index contributed by atoms with van der Waals surface area (Å²) in [5, 5.41) is 11.7. The maximum Gasteiger partial charge on any atom is 0.213 e. The van der Waals surface area contributed by atoms with Crippen molar-refractivity contribution in [1.29, 1.82) is 0 Å². The van der Waals surface area contributed by atoms with Gasteiger partial charge in [-0.3, -0.25) is 5.10 Å². The number of ether oxygens (including phenoxy) is 1. The van der Waals surface area contributed by atoms with E-state index in [-0.39, 0.29) is 0 Å². The van der Waals surface area contributed by atoms with E-state index < -0.39 is 0 Å². The molecule has 108 valence electrons. The summed E-state index contributed by atoms with van der Waals surface area (Å²) in [4.78, 5) is 5.36. The molecule has 0 radical (unpaired) electrons. The molecular weight excluding hydrogens is 296 g/mol. The van der Waals surface area contributed by atoms with Crippen molar-refractivity contribution in [2.75, 3.05) is 20.3 Å². The number of H-pyrrole nitrogens is 1. The van der Waals surface area contributed by atoms with E-state index in [0.29, 0.717) is 16.8 Å². The molecule has 0 unspecified atom stereocenters. The fourth-order valence-electron chi connectivity index (χ4n) is 1.63. The number of rotatable bonds is 7. The lowest BCUT2D eigenvalue weighted by atomic mass is 10.2. The Morgan fingerprint density at radius 3 is 3.00 bits per heavy atom. The van der Waals surface area contributed by atoms with Gasteiger partial charge < -0.3 is 10.1 Å². The topological polar surface area (TPSA) is 62.8 Å². The van der Waals surface area contributed by atoms with Crippen LogP contribution in [0.2, 0.25) is 5.02 Å². The van der Waals surface area contributed by atoms with Gasteiger partial charge in [0.05, 0.1) is 6.61 Å². The molecule has 7 heteroatoms. The Morgan fingerprint density at radius 2 is 2.30 bits per heavy atom. The molecule has 0 fully saturated rings. The molecule has 1 aromatic heterocycles. The van der Waals surface area contributed by atoms with Crippen LogP contribution in [-0.4, -0.2) is 35.4 Å². The smallest absolute Gasteiger partial charge is 0.213 e. The van der Waals surface area contributed by atoms with Gasteiger partial charge in [0.15, 0.2) is 0 Å². The van der Waals surface area contributed by atoms with E-state index in [2.05, 4.69) is 20.5 Å². The van der Waals surface area contributed by atoms with Gasteiger partial charge in [-0.25, -0.2) is 4.98 Å². The second-order valence-electron chi connectivity index (χ2n) is 4.23. The molecule has 0 bridgehead atoms. The first-order valence-electron chi connectivity index (χ1n) is 6.24. The molecule has 1 heterocycles. The lowest BCUT2D eigenvalue weighted by Gasteiger charge is -2.09. The highest BCUT2D eigenvalue weighted by atomic mass is 35.5. The molecule has 0 spiro atoms. The predicted octanol–water partition coefficient (Wildman–Crippen LogP) is 2.65. The van der Waals surface area contributed by atoms with Crippen LogP contribution in [0, 0.1) is 6.92 Å². The molecule has 0 aliphatic heterocycles. The Kier molecular flexibility index (Phi) is 5.85. The molecule has 1 aromatic carbocycles. The van der Waals surface area contributed by atoms with E-state index in [1.165, 1.54) is 11.8 Å². The highest BCUT2D eigenvalue weighted by Crippen LogP contribution is 2.30. The lowest BCUT2D eigenvalue weighted by Crippen LogP contribution is -2.18. The Labute approximate surface area is 127 Å². The van der Waals surface area contributed by atoms with Crippen molar-refractivity contribution >= 4 is 23.4 Å². The Hall–Kier alpha value is -1.08. The number of nitrogens with one attached hydrogen (secondary N) is 2. The molecule has 2 N–H and O–H groups in total. The summed E-state index contributed by atoms with van der Waals surface area (Å²) in [6.07, 6.45) is 0. The molecule has 0 aliphatic rings. The summed E-state index contributed by atoms with van der Waals surface area (Å²) in [5.74, 6) is 0.800. The minimum absolute atomic E-state index is 0.691. The van der Waals surface area contributed by atoms with Gasteiger partial charge in [0, 0.05) is 30.1 Å². The van der Waals surface area contributed by atoms with Crippen molar-refractivity contribution in [3.63, 3.8) is 0 Å². The molecule has 0 aliphatic carbocycles. The number of benzene rings is 1. The van der Waals surface area contributed by atoms with Crippen LogP contribution in [0.1, 0.15) is 11.4 Å². The molecule has 0 saturated heterocycles. The molecule has 20 heavy (non-hydrogen) atoms. The fraction of sp³-hybridized carbons (Fsp3) is 0.385. The van der Waals surface area contributed by atoms with Gasteiger partial charge in [0.1, 0.15) is 5.82 Å². The number of methoxy groups -OCH3 is 1. The number of hydrogen-bond donors (Lipinski definition) is 2. The number of halogens is 1. The second-order valence-corrected chi connectivity index (χ2v) is 5.67. The average molecular weight is 313 g/mol. The van der Waals surface area contributed by atoms with Crippen LogP contribution in [0.15, 0.2) is 28.3 Å². The van der Waals surface area contributed by atoms with Crippen LogP contribution in [0.3, 0.4) is 0 Å². The van der Waals surface area contributed by atoms with Crippen molar-refractivity contribution in [3.8, 4) is 0 Å². The normalized spacial score (nSPS) is 10.9. The van der Waals surface area contributed by atoms with Gasteiger partial charge in [-0.2, -0.15) is 0 Å². The third kappa shape index (κ3) is 4.49. The van der Waals surface area contributed by atoms with Crippen LogP contribution >= 0.6 is 23.4 Å². The summed E-state index contributed by atoms with van der Waals surface area (Å²) in [5.41, 5.74) is 1.16. The van der Waals surface area contributed by atoms with E-state index in [1.807, 2.05) is 25.1 Å². The molecule has 5 nitrogen and oxygen atoms in total. The third-order valence-electron chi connectivity index (χ3n) is 2.61. The molecule has 2 rings (SSSR count). The van der Waals surface area contributed by atoms with Gasteiger partial charge in [-0.15, -0.1) is 5.10 Å². The van der Waals surface area contributed by atoms with Crippen molar-refractivity contribution in [3.05, 3.63) is 34.6 Å². The standard InChI is InChI=1S/C13H17ClN4OS/c1-9-16-13(18-17-9)20-12-7-11(14)4-3-10(12)8-15-5-6-19-2/h3-4,7,15H,5-6,8H2,1-2H3,(H,16,17,18). The predicted molar refractivity (Wildman–Crippen MR) is 80.3 cm³/mol. The minimum Gasteiger partial charge on any atom is -0.383 e. The van der Waals surface area contributed by atoms with Gasteiger partial charge in [-0.1, -0.05) is 17.7 Å². The summed E-state index contributed by atoms with van der Waals surface area (Å²) >= 11 is 7.57. The van der Waals surface area contributed by atoms with Crippen LogP contribution in [-0.2, 0) is 11.3 Å². The first-order chi connectivity index (χ1) is 9.69. The maximum absolute atomic E-state index is 6.07. The zero-order valence-corrected chi connectivity index (χ0v) is 13.0. The first-order valence-corrected chi connectivity index (χ1v) is 7.43. The SMILES string of the molecule is COCCNCc1ccc(Cl)cc1Sc1n[nH]c(C)n1. The second kappa shape index (κ2) is 7.64. The molecule has 0 saturated carbocycles. The minimum atomic E-state index is 0.691. The average Bonchev–Trinajstić information content (AvgIpc) is 2.82. The zero-order valence-electron chi connectivity index (χ0n) is 11.4. The van der Waals surface area contributed by atoms with Gasteiger partial charge >= 0.3 is 0 Å². The molecule has 0 atom stereocenters. The highest BCUT2D eigenvalue weighted by Gasteiger charge is 2.08. The van der Waals surface area contributed by atoms with Crippen LogP contribution in [0.5, 0.6) is 0 Å². The van der Waals surface area contributed by atoms with Crippen LogP contribution in [0.4, 0.5) is 0 Å². The molecular formula is C13H17ClN4OS. The van der Waals surface area contributed by atoms with Gasteiger partial charge in [0.2, 0.25) is 5.16 Å². The van der Waals surface area contributed by atoms with Crippen molar-refractivity contribution in [2.24, 2.45) is 0 Å². The zero-order chi connectivity index (χ0) is 14.4. The summed E-state index contributed by atoms with van der Waals surface area (Å²) in [7, 11) is 1.69. The number of hydrogen-bond acceptors (Lipinski definition) is 5. The number of aromatic amines is 1. The monoisotopic (exact) mass is 312 g/mol. The maximum atomic E-state index is 6.07. The lowest BCUT2D eigenvalue weighted by molar-refractivity contribution is 0.199. The third-order valence-corrected chi connectivity index (χ3v) is 3.81. The van der Waals surface area contributed by atoms with E-state index >= 15 is 0 Å². The van der Waals surface area contributed by atoms with Gasteiger partial charge in [-0.05, 0) is 36.4 Å². The number of aromatic nitrogens is 3. The van der Waals surface area contributed by atoms with Crippen molar-refractivity contribution < 1.29 is 4.74 Å². The van der Waals surface area contributed by atoms with Crippen molar-refractivity contribution in [2.45, 2.75) is 23.5 Å². The fourth-order valence-corrected chi connectivity index (χ4v) is 2.80. The Balaban J connectivity index is 2.07. The van der Waals surface area contributed by atoms with E-state index in [0.717, 1.165) is 29.4 Å². The molecule has 2 aromatic rings. The summed E-state index contributed by atoms with van der Waals surface area (Å²) in [6, 6.07) is 5.84. The van der Waals surface area contributed by atoms with E-state index in [1.54, 1.807) is 7.11 Å². The Morgan fingerprint density at radius 1 is 1.45 bits per heavy atom. The summed E-state index contributed by atoms with van der Waals surface area (Å²) < 4.78 is 5.01. The van der Waals surface area contributed by atoms with Gasteiger partial charge in [0.25, 0.3) is 0 Å². The highest BCUT2D eigenvalue weighted by molar-refractivity contribution is 7.99. The Bertz CT molecular complexity index is 561. The molecule has 0 amide bonds. The summed E-state index contributed by atoms with van der Waals surface area (Å²) in [6.45, 7) is 4.13. The van der Waals surface area contributed by atoms with E-state index in [4.69, 9.17) is 16.3 Å². The van der Waals surface area contributed by atoms with E-state index in [9.17, 15) is 0 Å². The van der Waals surface area contributed by atoms with Crippen LogP contribution < -0.4 is 5.32 Å². The largest absolute Gasteiger partial charge is 0.383 e. The van der Waals surface area contributed by atoms with Crippen LogP contribution in [0.25, 0.3) is 0 Å².